The van der Waals surface area contributed by atoms with Crippen LogP contribution in [0, 0.1) is 6.92 Å². The molecule has 0 heterocycles. The fraction of sp³-hybridized carbons (Fsp3) is 0.462. The monoisotopic (exact) mass is 503 g/mol. The Kier molecular flexibility index (Phi) is 10.1. The zero-order chi connectivity index (χ0) is 26.2. The first-order valence-corrected chi connectivity index (χ1v) is 13.6. The van der Waals surface area contributed by atoms with Crippen LogP contribution in [0.25, 0.3) is 0 Å². The van der Waals surface area contributed by atoms with Crippen LogP contribution in [0.1, 0.15) is 44.7 Å². The molecule has 1 N–H and O–H groups in total. The second kappa shape index (κ2) is 12.6. The number of methoxy groups -OCH3 is 1. The van der Waals surface area contributed by atoms with Gasteiger partial charge in [0.25, 0.3) is 0 Å². The number of aryl methyl sites for hydroxylation is 1. The molecule has 0 aliphatic carbocycles. The molecule has 0 bridgehead atoms. The number of rotatable bonds is 12. The zero-order valence-electron chi connectivity index (χ0n) is 21.4. The average Bonchev–Trinajstić information content (AvgIpc) is 2.82. The lowest BCUT2D eigenvalue weighted by Gasteiger charge is -2.33. The Balaban J connectivity index is 2.48. The SMILES string of the molecule is CC[C@@H](C)NC(=O)[C@H](CC)N(Cc1ccccc1)C(=O)CN(c1cc(C)ccc1OC)S(C)(=O)=O. The summed E-state index contributed by atoms with van der Waals surface area (Å²) in [6, 6.07) is 13.7. The third kappa shape index (κ3) is 7.71. The zero-order valence-corrected chi connectivity index (χ0v) is 22.3. The Morgan fingerprint density at radius 3 is 2.26 bits per heavy atom. The normalized spacial score (nSPS) is 13.0. The summed E-state index contributed by atoms with van der Waals surface area (Å²) >= 11 is 0. The Morgan fingerprint density at radius 2 is 1.71 bits per heavy atom. The highest BCUT2D eigenvalue weighted by atomic mass is 32.2. The fourth-order valence-electron chi connectivity index (χ4n) is 3.73. The second-order valence-electron chi connectivity index (χ2n) is 8.69. The van der Waals surface area contributed by atoms with Crippen LogP contribution in [-0.4, -0.2) is 57.1 Å². The van der Waals surface area contributed by atoms with Crippen molar-refractivity contribution in [1.29, 1.82) is 0 Å². The maximum Gasteiger partial charge on any atom is 0.244 e. The summed E-state index contributed by atoms with van der Waals surface area (Å²) in [4.78, 5) is 28.3. The number of anilines is 1. The van der Waals surface area contributed by atoms with Gasteiger partial charge in [-0.05, 0) is 49.9 Å². The van der Waals surface area contributed by atoms with E-state index in [2.05, 4.69) is 5.32 Å². The van der Waals surface area contributed by atoms with Gasteiger partial charge in [-0.25, -0.2) is 8.42 Å². The summed E-state index contributed by atoms with van der Waals surface area (Å²) in [5, 5.41) is 2.96. The molecule has 2 aromatic carbocycles. The predicted molar refractivity (Wildman–Crippen MR) is 139 cm³/mol. The molecule has 35 heavy (non-hydrogen) atoms. The molecule has 0 aromatic heterocycles. The molecule has 2 amide bonds. The minimum Gasteiger partial charge on any atom is -0.495 e. The van der Waals surface area contributed by atoms with Crippen molar-refractivity contribution in [2.75, 3.05) is 24.2 Å². The quantitative estimate of drug-likeness (QED) is 0.478. The molecule has 192 valence electrons. The highest BCUT2D eigenvalue weighted by Gasteiger charge is 2.32. The molecular formula is C26H37N3O5S. The Hall–Kier alpha value is -3.07. The Morgan fingerprint density at radius 1 is 1.06 bits per heavy atom. The van der Waals surface area contributed by atoms with Gasteiger partial charge in [0.2, 0.25) is 21.8 Å². The molecule has 0 fully saturated rings. The summed E-state index contributed by atoms with van der Waals surface area (Å²) in [5.74, 6) is -0.399. The van der Waals surface area contributed by atoms with Crippen LogP contribution in [0.3, 0.4) is 0 Å². The van der Waals surface area contributed by atoms with E-state index in [1.54, 1.807) is 18.2 Å². The largest absolute Gasteiger partial charge is 0.495 e. The smallest absolute Gasteiger partial charge is 0.244 e. The van der Waals surface area contributed by atoms with Gasteiger partial charge < -0.3 is 15.0 Å². The van der Waals surface area contributed by atoms with Crippen molar-refractivity contribution >= 4 is 27.5 Å². The molecular weight excluding hydrogens is 466 g/mol. The number of hydrogen-bond acceptors (Lipinski definition) is 5. The molecule has 0 aliphatic heterocycles. The molecule has 8 nitrogen and oxygen atoms in total. The van der Waals surface area contributed by atoms with E-state index in [4.69, 9.17) is 4.74 Å². The summed E-state index contributed by atoms with van der Waals surface area (Å²) in [5.41, 5.74) is 1.94. The molecule has 2 aromatic rings. The van der Waals surface area contributed by atoms with Gasteiger partial charge in [0.15, 0.2) is 0 Å². The number of ether oxygens (including phenoxy) is 1. The molecule has 9 heteroatoms. The predicted octanol–water partition coefficient (Wildman–Crippen LogP) is 3.49. The lowest BCUT2D eigenvalue weighted by atomic mass is 10.1. The van der Waals surface area contributed by atoms with Gasteiger partial charge in [0.1, 0.15) is 18.3 Å². The number of sulfonamides is 1. The first-order valence-electron chi connectivity index (χ1n) is 11.8. The van der Waals surface area contributed by atoms with E-state index in [0.29, 0.717) is 12.2 Å². The van der Waals surface area contributed by atoms with Crippen molar-refractivity contribution in [1.82, 2.24) is 10.2 Å². The van der Waals surface area contributed by atoms with Gasteiger partial charge >= 0.3 is 0 Å². The van der Waals surface area contributed by atoms with E-state index in [0.717, 1.165) is 28.1 Å². The second-order valence-corrected chi connectivity index (χ2v) is 10.6. The van der Waals surface area contributed by atoms with Gasteiger partial charge in [-0.1, -0.05) is 50.2 Å². The Labute approximate surface area is 209 Å². The first kappa shape index (κ1) is 28.2. The highest BCUT2D eigenvalue weighted by molar-refractivity contribution is 7.92. The van der Waals surface area contributed by atoms with E-state index < -0.39 is 28.5 Å². The van der Waals surface area contributed by atoms with E-state index in [-0.39, 0.29) is 24.2 Å². The van der Waals surface area contributed by atoms with E-state index in [1.165, 1.54) is 12.0 Å². The van der Waals surface area contributed by atoms with Gasteiger partial charge in [0, 0.05) is 12.6 Å². The van der Waals surface area contributed by atoms with Crippen LogP contribution in [0.2, 0.25) is 0 Å². The number of carbonyl (C=O) groups excluding carboxylic acids is 2. The van der Waals surface area contributed by atoms with Gasteiger partial charge in [0.05, 0.1) is 19.1 Å². The molecule has 2 rings (SSSR count). The molecule has 0 saturated carbocycles. The number of benzene rings is 2. The van der Waals surface area contributed by atoms with E-state index in [1.807, 2.05) is 58.0 Å². The number of nitrogens with one attached hydrogen (secondary N) is 1. The van der Waals surface area contributed by atoms with Crippen molar-refractivity contribution in [3.05, 3.63) is 59.7 Å². The van der Waals surface area contributed by atoms with Crippen molar-refractivity contribution in [3.8, 4) is 5.75 Å². The van der Waals surface area contributed by atoms with Crippen molar-refractivity contribution < 1.29 is 22.7 Å². The summed E-state index contributed by atoms with van der Waals surface area (Å²) in [7, 11) is -2.39. The lowest BCUT2D eigenvalue weighted by molar-refractivity contribution is -0.140. The standard InChI is InChI=1S/C26H37N3O5S/c1-7-20(4)27-26(31)22(8-2)28(17-21-12-10-9-11-13-21)25(30)18-29(35(6,32)33)23-16-19(3)14-15-24(23)34-5/h9-16,20,22H,7-8,17-18H2,1-6H3,(H,27,31)/t20-,22+/m1/s1. The van der Waals surface area contributed by atoms with Crippen molar-refractivity contribution in [2.24, 2.45) is 0 Å². The van der Waals surface area contributed by atoms with Gasteiger partial charge in [-0.3, -0.25) is 13.9 Å². The molecule has 0 unspecified atom stereocenters. The van der Waals surface area contributed by atoms with Crippen molar-refractivity contribution in [2.45, 2.75) is 59.2 Å². The lowest BCUT2D eigenvalue weighted by Crippen LogP contribution is -2.53. The minimum absolute atomic E-state index is 0.0469. The Bertz CT molecular complexity index is 1110. The molecule has 2 atom stereocenters. The average molecular weight is 504 g/mol. The van der Waals surface area contributed by atoms with Crippen LogP contribution in [0.5, 0.6) is 5.75 Å². The number of carbonyl (C=O) groups is 2. The third-order valence-corrected chi connectivity index (χ3v) is 6.99. The van der Waals surface area contributed by atoms with Crippen LogP contribution in [0.4, 0.5) is 5.69 Å². The first-order chi connectivity index (χ1) is 16.5. The number of hydrogen-bond donors (Lipinski definition) is 1. The highest BCUT2D eigenvalue weighted by Crippen LogP contribution is 2.31. The third-order valence-electron chi connectivity index (χ3n) is 5.86. The summed E-state index contributed by atoms with van der Waals surface area (Å²) < 4.78 is 32.0. The maximum absolute atomic E-state index is 13.7. The van der Waals surface area contributed by atoms with Crippen LogP contribution < -0.4 is 14.4 Å². The van der Waals surface area contributed by atoms with E-state index >= 15 is 0 Å². The summed E-state index contributed by atoms with van der Waals surface area (Å²) in [6.07, 6.45) is 2.19. The van der Waals surface area contributed by atoms with Gasteiger partial charge in [-0.2, -0.15) is 0 Å². The fourth-order valence-corrected chi connectivity index (χ4v) is 4.58. The number of amides is 2. The number of nitrogens with zero attached hydrogens (tertiary/aromatic N) is 2. The van der Waals surface area contributed by atoms with Crippen LogP contribution in [-0.2, 0) is 26.2 Å². The topological polar surface area (TPSA) is 96.0 Å². The molecule has 0 radical (unpaired) electrons. The molecule has 0 aliphatic rings. The summed E-state index contributed by atoms with van der Waals surface area (Å²) in [6.45, 7) is 7.26. The van der Waals surface area contributed by atoms with Crippen molar-refractivity contribution in [3.63, 3.8) is 0 Å². The maximum atomic E-state index is 13.7. The minimum atomic E-state index is -3.84. The van der Waals surface area contributed by atoms with E-state index in [9.17, 15) is 18.0 Å². The van der Waals surface area contributed by atoms with Crippen LogP contribution in [0.15, 0.2) is 48.5 Å². The molecule has 0 spiro atoms. The molecule has 0 saturated heterocycles. The van der Waals surface area contributed by atoms with Gasteiger partial charge in [-0.15, -0.1) is 0 Å². The van der Waals surface area contributed by atoms with Crippen LogP contribution >= 0.6 is 0 Å².